The van der Waals surface area contributed by atoms with Gasteiger partial charge in [-0.3, -0.25) is 10.2 Å². The van der Waals surface area contributed by atoms with Gasteiger partial charge < -0.3 is 19.8 Å². The Hall–Kier alpha value is -3.14. The van der Waals surface area contributed by atoms with E-state index in [2.05, 4.69) is 20.7 Å². The van der Waals surface area contributed by atoms with Crippen LogP contribution < -0.4 is 10.6 Å². The first kappa shape index (κ1) is 18.6. The van der Waals surface area contributed by atoms with Crippen molar-refractivity contribution in [3.05, 3.63) is 41.4 Å². The lowest BCUT2D eigenvalue weighted by molar-refractivity contribution is 0.103. The molecular formula is C17H20FN5O4. The molecule has 9 nitrogen and oxygen atoms in total. The third-order valence-corrected chi connectivity index (χ3v) is 4.20. The van der Waals surface area contributed by atoms with Crippen LogP contribution in [0.15, 0.2) is 28.8 Å². The number of carbonyl (C=O) groups excluding carboxylic acids is 1. The van der Waals surface area contributed by atoms with E-state index in [0.717, 1.165) is 5.56 Å². The van der Waals surface area contributed by atoms with Gasteiger partial charge in [0.05, 0.1) is 5.69 Å². The monoisotopic (exact) mass is 377 g/mol. The van der Waals surface area contributed by atoms with Gasteiger partial charge in [0.15, 0.2) is 5.82 Å². The number of nitrogens with one attached hydrogen (secondary N) is 2. The molecule has 3 N–H and O–H groups in total. The first-order valence-corrected chi connectivity index (χ1v) is 8.40. The molecule has 3 rings (SSSR count). The van der Waals surface area contributed by atoms with E-state index in [1.54, 1.807) is 25.1 Å². The second kappa shape index (κ2) is 8.04. The molecule has 0 spiro atoms. The summed E-state index contributed by atoms with van der Waals surface area (Å²) in [7, 11) is 0. The number of urea groups is 1. The fraction of sp³-hybridized carbons (Fsp3) is 0.353. The van der Waals surface area contributed by atoms with Crippen molar-refractivity contribution in [3.63, 3.8) is 0 Å². The number of piperazine rings is 1. The van der Waals surface area contributed by atoms with Crippen LogP contribution in [0.3, 0.4) is 0 Å². The quantitative estimate of drug-likeness (QED) is 0.755. The molecule has 2 aromatic rings. The number of nitrogens with zero attached hydrogens (tertiary/aromatic N) is 3. The Morgan fingerprint density at radius 2 is 1.96 bits per heavy atom. The molecule has 1 saturated heterocycles. The summed E-state index contributed by atoms with van der Waals surface area (Å²) in [6.45, 7) is 4.28. The first-order chi connectivity index (χ1) is 12.9. The summed E-state index contributed by atoms with van der Waals surface area (Å²) >= 11 is 0. The van der Waals surface area contributed by atoms with Crippen LogP contribution in [0.4, 0.5) is 25.5 Å². The van der Waals surface area contributed by atoms with Gasteiger partial charge in [-0.2, -0.15) is 0 Å². The Balaban J connectivity index is 1.59. The fourth-order valence-electron chi connectivity index (χ4n) is 2.82. The topological polar surface area (TPSA) is 111 Å². The highest BCUT2D eigenvalue weighted by Crippen LogP contribution is 2.19. The predicted octanol–water partition coefficient (Wildman–Crippen LogP) is 2.56. The molecule has 0 radical (unpaired) electrons. The molecule has 1 aromatic carbocycles. The summed E-state index contributed by atoms with van der Waals surface area (Å²) < 4.78 is 18.9. The maximum absolute atomic E-state index is 14.0. The molecule has 27 heavy (non-hydrogen) atoms. The summed E-state index contributed by atoms with van der Waals surface area (Å²) in [5.41, 5.74) is 0.863. The van der Waals surface area contributed by atoms with Crippen LogP contribution in [-0.4, -0.2) is 58.4 Å². The van der Waals surface area contributed by atoms with Gasteiger partial charge in [0.2, 0.25) is 0 Å². The van der Waals surface area contributed by atoms with Gasteiger partial charge in [0.25, 0.3) is 0 Å². The summed E-state index contributed by atoms with van der Waals surface area (Å²) in [4.78, 5) is 26.4. The molecule has 3 amide bonds. The highest BCUT2D eigenvalue weighted by Gasteiger charge is 2.20. The zero-order valence-electron chi connectivity index (χ0n) is 14.7. The van der Waals surface area contributed by atoms with Gasteiger partial charge in [-0.05, 0) is 24.6 Å². The molecule has 0 atom stereocenters. The Morgan fingerprint density at radius 3 is 2.59 bits per heavy atom. The molecule has 0 saturated carbocycles. The average molecular weight is 377 g/mol. The van der Waals surface area contributed by atoms with Crippen molar-refractivity contribution < 1.29 is 23.6 Å². The summed E-state index contributed by atoms with van der Waals surface area (Å²) in [5, 5.41) is 17.5. The zero-order chi connectivity index (χ0) is 19.4. The van der Waals surface area contributed by atoms with Crippen LogP contribution in [0, 0.1) is 12.7 Å². The molecule has 0 bridgehead atoms. The van der Waals surface area contributed by atoms with Crippen molar-refractivity contribution >= 4 is 23.6 Å². The van der Waals surface area contributed by atoms with Crippen LogP contribution in [0.25, 0.3) is 0 Å². The fourth-order valence-corrected chi connectivity index (χ4v) is 2.82. The van der Waals surface area contributed by atoms with Crippen molar-refractivity contribution in [1.29, 1.82) is 0 Å². The van der Waals surface area contributed by atoms with Crippen LogP contribution in [-0.2, 0) is 6.54 Å². The third kappa shape index (κ3) is 4.94. The van der Waals surface area contributed by atoms with Crippen LogP contribution in [0.1, 0.15) is 11.3 Å². The van der Waals surface area contributed by atoms with Gasteiger partial charge in [-0.1, -0.05) is 11.2 Å². The highest BCUT2D eigenvalue weighted by molar-refractivity contribution is 5.99. The number of rotatable bonds is 4. The Kier molecular flexibility index (Phi) is 5.55. The minimum atomic E-state index is -0.920. The number of hydrogen-bond acceptors (Lipinski definition) is 5. The summed E-state index contributed by atoms with van der Waals surface area (Å²) in [6.07, 6.45) is -0.920. The van der Waals surface area contributed by atoms with E-state index < -0.39 is 17.9 Å². The predicted molar refractivity (Wildman–Crippen MR) is 95.2 cm³/mol. The second-order valence-corrected chi connectivity index (χ2v) is 6.26. The number of benzene rings is 1. The van der Waals surface area contributed by atoms with Gasteiger partial charge in [-0.25, -0.2) is 14.0 Å². The minimum Gasteiger partial charge on any atom is -0.465 e. The van der Waals surface area contributed by atoms with Crippen molar-refractivity contribution in [2.24, 2.45) is 0 Å². The van der Waals surface area contributed by atoms with E-state index in [4.69, 9.17) is 9.63 Å². The highest BCUT2D eigenvalue weighted by atomic mass is 19.1. The average Bonchev–Trinajstić information content (AvgIpc) is 3.03. The lowest BCUT2D eigenvalue weighted by Gasteiger charge is -2.33. The van der Waals surface area contributed by atoms with E-state index in [1.165, 1.54) is 11.0 Å². The molecule has 144 valence electrons. The Labute approximate surface area is 154 Å². The molecule has 1 aliphatic heterocycles. The second-order valence-electron chi connectivity index (χ2n) is 6.26. The van der Waals surface area contributed by atoms with E-state index in [1.807, 2.05) is 0 Å². The molecule has 2 heterocycles. The van der Waals surface area contributed by atoms with E-state index in [0.29, 0.717) is 38.5 Å². The van der Waals surface area contributed by atoms with E-state index in [9.17, 15) is 14.0 Å². The zero-order valence-corrected chi connectivity index (χ0v) is 14.7. The summed E-state index contributed by atoms with van der Waals surface area (Å²) in [6, 6.07) is 5.41. The number of carboxylic acid groups (broad SMARTS) is 1. The normalized spacial score (nSPS) is 14.8. The number of anilines is 2. The van der Waals surface area contributed by atoms with Crippen molar-refractivity contribution in [3.8, 4) is 0 Å². The maximum atomic E-state index is 14.0. The van der Waals surface area contributed by atoms with Gasteiger partial charge in [0, 0.05) is 38.8 Å². The van der Waals surface area contributed by atoms with Gasteiger partial charge in [0.1, 0.15) is 11.6 Å². The number of amides is 3. The lowest BCUT2D eigenvalue weighted by atomic mass is 10.1. The molecule has 1 aliphatic rings. The van der Waals surface area contributed by atoms with Crippen LogP contribution >= 0.6 is 0 Å². The molecule has 0 aliphatic carbocycles. The summed E-state index contributed by atoms with van der Waals surface area (Å²) in [5.74, 6) is 0.222. The van der Waals surface area contributed by atoms with Crippen molar-refractivity contribution in [2.45, 2.75) is 13.5 Å². The molecule has 1 aromatic heterocycles. The molecule has 1 fully saturated rings. The van der Waals surface area contributed by atoms with Crippen LogP contribution in [0.5, 0.6) is 0 Å². The van der Waals surface area contributed by atoms with Crippen LogP contribution in [0.2, 0.25) is 0 Å². The smallest absolute Gasteiger partial charge is 0.407 e. The largest absolute Gasteiger partial charge is 0.465 e. The minimum absolute atomic E-state index is 0.0504. The number of aryl methyl sites for hydroxylation is 1. The maximum Gasteiger partial charge on any atom is 0.407 e. The Morgan fingerprint density at radius 1 is 1.22 bits per heavy atom. The van der Waals surface area contributed by atoms with E-state index in [-0.39, 0.29) is 11.5 Å². The van der Waals surface area contributed by atoms with Gasteiger partial charge >= 0.3 is 12.1 Å². The van der Waals surface area contributed by atoms with E-state index >= 15 is 0 Å². The first-order valence-electron chi connectivity index (χ1n) is 8.40. The Bertz CT molecular complexity index is 832. The lowest BCUT2D eigenvalue weighted by Crippen LogP contribution is -2.47. The SMILES string of the molecule is Cc1cc(NC(=O)Nc2cc(CN3CCN(C(=O)O)CC3)ccc2F)no1. The standard InChI is InChI=1S/C17H20FN5O4/c1-11-8-15(21-27-11)20-16(24)19-14-9-12(2-3-13(14)18)10-22-4-6-23(7-5-22)17(25)26/h2-3,8-9H,4-7,10H2,1H3,(H,25,26)(H2,19,20,21,24). The van der Waals surface area contributed by atoms with Gasteiger partial charge in [-0.15, -0.1) is 0 Å². The molecular weight excluding hydrogens is 357 g/mol. The number of halogens is 1. The molecule has 0 unspecified atom stereocenters. The third-order valence-electron chi connectivity index (χ3n) is 4.20. The number of carbonyl (C=O) groups is 2. The van der Waals surface area contributed by atoms with Crippen molar-refractivity contribution in [2.75, 3.05) is 36.8 Å². The number of hydrogen-bond donors (Lipinski definition) is 3. The van der Waals surface area contributed by atoms with Crippen molar-refractivity contribution in [1.82, 2.24) is 15.0 Å². The number of aromatic nitrogens is 1. The molecule has 10 heteroatoms.